The molecule has 0 aromatic heterocycles. The molecule has 2 atom stereocenters. The largest absolute Gasteiger partial charge is 0.392 e. The maximum Gasteiger partial charge on any atom is 0.252 e. The van der Waals surface area contributed by atoms with Crippen LogP contribution in [0.4, 0.5) is 4.39 Å². The summed E-state index contributed by atoms with van der Waals surface area (Å²) in [5.41, 5.74) is 0.476. The Balaban J connectivity index is 1.40. The maximum atomic E-state index is 14.1. The van der Waals surface area contributed by atoms with Crippen molar-refractivity contribution in [2.24, 2.45) is 0 Å². The van der Waals surface area contributed by atoms with Crippen LogP contribution >= 0.6 is 11.6 Å². The minimum Gasteiger partial charge on any atom is -0.392 e. The van der Waals surface area contributed by atoms with Crippen LogP contribution in [0.5, 0.6) is 0 Å². The van der Waals surface area contributed by atoms with Crippen LogP contribution in [-0.4, -0.2) is 68.9 Å². The number of aliphatic hydroxyl groups is 1. The van der Waals surface area contributed by atoms with Gasteiger partial charge >= 0.3 is 0 Å². The van der Waals surface area contributed by atoms with E-state index in [1.165, 1.54) is 11.0 Å². The van der Waals surface area contributed by atoms with Gasteiger partial charge in [0, 0.05) is 36.8 Å². The number of hydrogen-bond acceptors (Lipinski definition) is 5. The lowest BCUT2D eigenvalue weighted by atomic mass is 9.82. The highest BCUT2D eigenvalue weighted by Gasteiger charge is 2.64. The summed E-state index contributed by atoms with van der Waals surface area (Å²) < 4.78 is 14.1. The third-order valence-corrected chi connectivity index (χ3v) is 6.81. The minimum absolute atomic E-state index is 0.147. The van der Waals surface area contributed by atoms with Crippen molar-refractivity contribution in [3.63, 3.8) is 0 Å². The van der Waals surface area contributed by atoms with E-state index < -0.39 is 17.7 Å². The first kappa shape index (κ1) is 20.6. The van der Waals surface area contributed by atoms with Gasteiger partial charge in [-0.15, -0.1) is 0 Å². The molecule has 1 N–H and O–H groups in total. The van der Waals surface area contributed by atoms with Crippen molar-refractivity contribution < 1.29 is 19.1 Å². The lowest BCUT2D eigenvalue weighted by Gasteiger charge is -2.58. The average molecular weight is 444 g/mol. The fourth-order valence-corrected chi connectivity index (χ4v) is 5.35. The van der Waals surface area contributed by atoms with Gasteiger partial charge in [-0.1, -0.05) is 41.9 Å². The molecule has 0 radical (unpaired) electrons. The summed E-state index contributed by atoms with van der Waals surface area (Å²) in [4.78, 5) is 31.9. The van der Waals surface area contributed by atoms with Gasteiger partial charge in [0.15, 0.2) is 0 Å². The van der Waals surface area contributed by atoms with Gasteiger partial charge in [-0.2, -0.15) is 0 Å². The Labute approximate surface area is 184 Å². The van der Waals surface area contributed by atoms with E-state index in [0.717, 1.165) is 5.56 Å². The van der Waals surface area contributed by atoms with Crippen LogP contribution < -0.4 is 0 Å². The van der Waals surface area contributed by atoms with Gasteiger partial charge in [-0.25, -0.2) is 4.39 Å². The Bertz CT molecular complexity index is 1040. The number of likely N-dealkylation sites (tertiary alicyclic amines) is 1. The molecule has 5 rings (SSSR count). The van der Waals surface area contributed by atoms with Gasteiger partial charge in [0.1, 0.15) is 11.4 Å². The predicted octanol–water partition coefficient (Wildman–Crippen LogP) is 2.04. The topological polar surface area (TPSA) is 64.1 Å². The summed E-state index contributed by atoms with van der Waals surface area (Å²) in [5.74, 6) is -0.807. The standard InChI is InChI=1S/C23H23ClFN3O3/c24-17-6-3-4-15(8-17)10-27-21(30)20-9-18(29)12-28(20)23(22(27)31)13-26(14-23)11-16-5-1-2-7-19(16)25/h1-8,18,20,29H,9-14H2. The highest BCUT2D eigenvalue weighted by Crippen LogP contribution is 2.41. The molecule has 2 unspecified atom stereocenters. The number of carbonyl (C=O) groups excluding carboxylic acids is 2. The molecule has 3 heterocycles. The second-order valence-electron chi connectivity index (χ2n) is 8.69. The zero-order chi connectivity index (χ0) is 21.8. The molecule has 2 amide bonds. The van der Waals surface area contributed by atoms with Crippen molar-refractivity contribution >= 4 is 23.4 Å². The summed E-state index contributed by atoms with van der Waals surface area (Å²) in [6, 6.07) is 13.2. The van der Waals surface area contributed by atoms with Crippen molar-refractivity contribution in [1.29, 1.82) is 0 Å². The Morgan fingerprint density at radius 2 is 1.87 bits per heavy atom. The fourth-order valence-electron chi connectivity index (χ4n) is 5.13. The molecule has 2 aromatic rings. The number of aliphatic hydroxyl groups excluding tert-OH is 1. The second kappa shape index (κ2) is 7.67. The first-order chi connectivity index (χ1) is 14.9. The van der Waals surface area contributed by atoms with Gasteiger partial charge in [-0.3, -0.25) is 24.3 Å². The molecule has 8 heteroatoms. The number of fused-ring (bicyclic) bond motifs is 2. The number of β-amino-alcohol motifs (C(OH)–C–C–N with tert-alkyl or cyclic N) is 1. The second-order valence-corrected chi connectivity index (χ2v) is 9.12. The molecule has 3 aliphatic rings. The number of imide groups is 1. The molecule has 1 spiro atoms. The summed E-state index contributed by atoms with van der Waals surface area (Å²) in [6.07, 6.45) is -0.335. The van der Waals surface area contributed by atoms with Crippen LogP contribution in [-0.2, 0) is 22.7 Å². The van der Waals surface area contributed by atoms with Crippen molar-refractivity contribution in [1.82, 2.24) is 14.7 Å². The zero-order valence-corrected chi connectivity index (χ0v) is 17.6. The number of piperazine rings is 1. The molecule has 6 nitrogen and oxygen atoms in total. The smallest absolute Gasteiger partial charge is 0.252 e. The normalized spacial score (nSPS) is 25.7. The van der Waals surface area contributed by atoms with Gasteiger partial charge in [0.25, 0.3) is 5.91 Å². The molecule has 0 bridgehead atoms. The van der Waals surface area contributed by atoms with E-state index in [9.17, 15) is 19.1 Å². The Kier molecular flexibility index (Phi) is 5.09. The van der Waals surface area contributed by atoms with Crippen LogP contribution in [0.2, 0.25) is 5.02 Å². The fraction of sp³-hybridized carbons (Fsp3) is 0.391. The van der Waals surface area contributed by atoms with E-state index in [-0.39, 0.29) is 24.2 Å². The van der Waals surface area contributed by atoms with Gasteiger partial charge in [0.05, 0.1) is 18.7 Å². The summed E-state index contributed by atoms with van der Waals surface area (Å²) in [6.45, 7) is 1.62. The maximum absolute atomic E-state index is 14.1. The lowest BCUT2D eigenvalue weighted by Crippen LogP contribution is -2.81. The van der Waals surface area contributed by atoms with Crippen LogP contribution in [0.25, 0.3) is 0 Å². The third kappa shape index (κ3) is 3.46. The third-order valence-electron chi connectivity index (χ3n) is 6.57. The van der Waals surface area contributed by atoms with Crippen LogP contribution in [0, 0.1) is 5.82 Å². The van der Waals surface area contributed by atoms with Crippen LogP contribution in [0.3, 0.4) is 0 Å². The van der Waals surface area contributed by atoms with Gasteiger partial charge in [0.2, 0.25) is 5.91 Å². The molecule has 0 aliphatic carbocycles. The van der Waals surface area contributed by atoms with Crippen LogP contribution in [0.15, 0.2) is 48.5 Å². The van der Waals surface area contributed by atoms with Gasteiger partial charge in [-0.05, 0) is 30.2 Å². The van der Waals surface area contributed by atoms with E-state index in [0.29, 0.717) is 43.2 Å². The molecular weight excluding hydrogens is 421 g/mol. The lowest BCUT2D eigenvalue weighted by molar-refractivity contribution is -0.181. The van der Waals surface area contributed by atoms with E-state index >= 15 is 0 Å². The SMILES string of the molecule is O=C1C2CC(O)CN2C2(CN(Cc3ccccc3F)C2)C(=O)N1Cc1cccc(Cl)c1. The first-order valence-electron chi connectivity index (χ1n) is 10.4. The number of carbonyl (C=O) groups is 2. The molecule has 3 fully saturated rings. The quantitative estimate of drug-likeness (QED) is 0.733. The summed E-state index contributed by atoms with van der Waals surface area (Å²) in [7, 11) is 0. The first-order valence-corrected chi connectivity index (χ1v) is 10.8. The predicted molar refractivity (Wildman–Crippen MR) is 113 cm³/mol. The molecule has 2 aromatic carbocycles. The van der Waals surface area contributed by atoms with E-state index in [1.54, 1.807) is 36.4 Å². The molecule has 0 saturated carbocycles. The highest BCUT2D eigenvalue weighted by molar-refractivity contribution is 6.30. The number of rotatable bonds is 4. The van der Waals surface area contributed by atoms with Crippen molar-refractivity contribution in [2.75, 3.05) is 19.6 Å². The molecular formula is C23H23ClFN3O3. The Morgan fingerprint density at radius 1 is 1.10 bits per heavy atom. The van der Waals surface area contributed by atoms with E-state index in [1.807, 2.05) is 15.9 Å². The zero-order valence-electron chi connectivity index (χ0n) is 16.9. The highest BCUT2D eigenvalue weighted by atomic mass is 35.5. The number of amides is 2. The number of benzene rings is 2. The summed E-state index contributed by atoms with van der Waals surface area (Å²) in [5, 5.41) is 10.8. The van der Waals surface area contributed by atoms with Crippen molar-refractivity contribution in [3.8, 4) is 0 Å². The molecule has 3 aliphatic heterocycles. The summed E-state index contributed by atoms with van der Waals surface area (Å²) >= 11 is 6.08. The Morgan fingerprint density at radius 3 is 2.61 bits per heavy atom. The van der Waals surface area contributed by atoms with Crippen LogP contribution in [0.1, 0.15) is 17.5 Å². The van der Waals surface area contributed by atoms with E-state index in [4.69, 9.17) is 11.6 Å². The Hall–Kier alpha value is -2.32. The van der Waals surface area contributed by atoms with Gasteiger partial charge < -0.3 is 5.11 Å². The molecule has 162 valence electrons. The number of hydrogen-bond donors (Lipinski definition) is 1. The molecule has 3 saturated heterocycles. The molecule has 31 heavy (non-hydrogen) atoms. The van der Waals surface area contributed by atoms with E-state index in [2.05, 4.69) is 0 Å². The van der Waals surface area contributed by atoms with Crippen molar-refractivity contribution in [2.45, 2.75) is 37.2 Å². The number of nitrogens with zero attached hydrogens (tertiary/aromatic N) is 3. The van der Waals surface area contributed by atoms with Crippen molar-refractivity contribution in [3.05, 3.63) is 70.5 Å². The average Bonchev–Trinajstić information content (AvgIpc) is 3.10. The number of halogens is 2. The monoisotopic (exact) mass is 443 g/mol. The minimum atomic E-state index is -0.875.